The molecule has 0 bridgehead atoms. The van der Waals surface area contributed by atoms with Crippen molar-refractivity contribution in [1.82, 2.24) is 25.3 Å². The smallest absolute Gasteiger partial charge is 0.358 e. The highest BCUT2D eigenvalue weighted by molar-refractivity contribution is 5.92. The van der Waals surface area contributed by atoms with Crippen LogP contribution < -0.4 is 10.9 Å². The fraction of sp³-hybridized carbons (Fsp3) is 0.182. The van der Waals surface area contributed by atoms with Crippen molar-refractivity contribution in [2.45, 2.75) is 6.54 Å². The molecule has 0 spiro atoms. The number of nitrogens with zero attached hydrogens (tertiary/aromatic N) is 3. The van der Waals surface area contributed by atoms with Gasteiger partial charge in [0.1, 0.15) is 5.69 Å². The van der Waals surface area contributed by atoms with E-state index < -0.39 is 11.9 Å². The SMILES string of the molecule is O=C(O)c1cn(CCNC(=O)c2cccc(=O)[nH]2)nn1. The lowest BCUT2D eigenvalue weighted by atomic mass is 10.3. The van der Waals surface area contributed by atoms with E-state index >= 15 is 0 Å². The fourth-order valence-corrected chi connectivity index (χ4v) is 1.47. The summed E-state index contributed by atoms with van der Waals surface area (Å²) in [5, 5.41) is 18.3. The molecule has 20 heavy (non-hydrogen) atoms. The minimum absolute atomic E-state index is 0.155. The van der Waals surface area contributed by atoms with Crippen LogP contribution in [0.25, 0.3) is 0 Å². The Bertz CT molecular complexity index is 690. The van der Waals surface area contributed by atoms with Crippen LogP contribution in [0.4, 0.5) is 0 Å². The highest BCUT2D eigenvalue weighted by Crippen LogP contribution is 1.93. The monoisotopic (exact) mass is 277 g/mol. The average molecular weight is 277 g/mol. The minimum atomic E-state index is -1.16. The van der Waals surface area contributed by atoms with Crippen LogP contribution in [0.1, 0.15) is 21.0 Å². The van der Waals surface area contributed by atoms with E-state index in [2.05, 4.69) is 20.6 Å². The van der Waals surface area contributed by atoms with Gasteiger partial charge in [-0.2, -0.15) is 0 Å². The van der Waals surface area contributed by atoms with Gasteiger partial charge in [-0.25, -0.2) is 9.48 Å². The third-order valence-corrected chi connectivity index (χ3v) is 2.40. The van der Waals surface area contributed by atoms with E-state index in [1.807, 2.05) is 0 Å². The number of carboxylic acid groups (broad SMARTS) is 1. The molecular formula is C11H11N5O4. The number of hydrogen-bond acceptors (Lipinski definition) is 5. The van der Waals surface area contributed by atoms with Gasteiger partial charge in [0, 0.05) is 12.6 Å². The Labute approximate surface area is 112 Å². The summed E-state index contributed by atoms with van der Waals surface area (Å²) in [5.41, 5.74) is -0.369. The molecule has 0 radical (unpaired) electrons. The molecule has 0 aromatic carbocycles. The van der Waals surface area contributed by atoms with Crippen molar-refractivity contribution in [3.63, 3.8) is 0 Å². The first kappa shape index (κ1) is 13.5. The lowest BCUT2D eigenvalue weighted by Gasteiger charge is -2.04. The molecule has 0 atom stereocenters. The number of aromatic amines is 1. The number of carbonyl (C=O) groups excluding carboxylic acids is 1. The zero-order valence-electron chi connectivity index (χ0n) is 10.2. The summed E-state index contributed by atoms with van der Waals surface area (Å²) in [4.78, 5) is 35.7. The first-order valence-electron chi connectivity index (χ1n) is 5.67. The molecule has 9 heteroatoms. The van der Waals surface area contributed by atoms with E-state index in [1.165, 1.54) is 29.1 Å². The topological polar surface area (TPSA) is 130 Å². The van der Waals surface area contributed by atoms with E-state index in [1.54, 1.807) is 0 Å². The van der Waals surface area contributed by atoms with E-state index in [0.717, 1.165) is 0 Å². The van der Waals surface area contributed by atoms with Crippen molar-refractivity contribution >= 4 is 11.9 Å². The molecule has 3 N–H and O–H groups in total. The summed E-state index contributed by atoms with van der Waals surface area (Å²) in [5.74, 6) is -1.59. The van der Waals surface area contributed by atoms with Gasteiger partial charge in [0.2, 0.25) is 5.56 Å². The Morgan fingerprint density at radius 1 is 1.40 bits per heavy atom. The van der Waals surface area contributed by atoms with Crippen LogP contribution in [-0.2, 0) is 6.54 Å². The number of amides is 1. The number of pyridine rings is 1. The molecule has 0 saturated heterocycles. The van der Waals surface area contributed by atoms with Gasteiger partial charge < -0.3 is 15.4 Å². The van der Waals surface area contributed by atoms with Gasteiger partial charge in [0.05, 0.1) is 12.7 Å². The van der Waals surface area contributed by atoms with Gasteiger partial charge in [0.25, 0.3) is 5.91 Å². The lowest BCUT2D eigenvalue weighted by Crippen LogP contribution is -2.29. The maximum Gasteiger partial charge on any atom is 0.358 e. The summed E-state index contributed by atoms with van der Waals surface area (Å²) in [6.45, 7) is 0.487. The van der Waals surface area contributed by atoms with Gasteiger partial charge in [-0.15, -0.1) is 5.10 Å². The quantitative estimate of drug-likeness (QED) is 0.649. The van der Waals surface area contributed by atoms with Gasteiger partial charge in [-0.3, -0.25) is 9.59 Å². The van der Waals surface area contributed by atoms with Crippen molar-refractivity contribution in [2.75, 3.05) is 6.54 Å². The number of aromatic carboxylic acids is 1. The molecule has 104 valence electrons. The van der Waals surface area contributed by atoms with Crippen molar-refractivity contribution in [1.29, 1.82) is 0 Å². The molecule has 2 heterocycles. The summed E-state index contributed by atoms with van der Waals surface area (Å²) in [6.07, 6.45) is 1.26. The Balaban J connectivity index is 1.87. The normalized spacial score (nSPS) is 10.2. The molecule has 2 aromatic rings. The Kier molecular flexibility index (Phi) is 3.89. The van der Waals surface area contributed by atoms with Crippen LogP contribution in [0, 0.1) is 0 Å². The van der Waals surface area contributed by atoms with Crippen molar-refractivity contribution < 1.29 is 14.7 Å². The van der Waals surface area contributed by atoms with Crippen LogP contribution in [0.15, 0.2) is 29.2 Å². The largest absolute Gasteiger partial charge is 0.476 e. The maximum absolute atomic E-state index is 11.7. The van der Waals surface area contributed by atoms with Crippen LogP contribution in [0.2, 0.25) is 0 Å². The number of nitrogens with one attached hydrogen (secondary N) is 2. The molecule has 0 saturated carbocycles. The Morgan fingerprint density at radius 3 is 2.85 bits per heavy atom. The number of H-pyrrole nitrogens is 1. The second-order valence-corrected chi connectivity index (χ2v) is 3.86. The molecular weight excluding hydrogens is 266 g/mol. The minimum Gasteiger partial charge on any atom is -0.476 e. The number of aromatic nitrogens is 4. The Hall–Kier alpha value is -2.97. The molecule has 0 aliphatic rings. The standard InChI is InChI=1S/C11H11N5O4/c17-9-3-1-2-7(13-9)10(18)12-4-5-16-6-8(11(19)20)14-15-16/h1-3,6H,4-5H2,(H,12,18)(H,13,17)(H,19,20). The highest BCUT2D eigenvalue weighted by atomic mass is 16.4. The molecule has 2 aromatic heterocycles. The number of rotatable bonds is 5. The second-order valence-electron chi connectivity index (χ2n) is 3.86. The van der Waals surface area contributed by atoms with Crippen LogP contribution in [0.3, 0.4) is 0 Å². The number of carboxylic acids is 1. The van der Waals surface area contributed by atoms with Gasteiger partial charge in [-0.1, -0.05) is 11.3 Å². The number of carbonyl (C=O) groups is 2. The summed E-state index contributed by atoms with van der Waals surface area (Å²) < 4.78 is 1.30. The second kappa shape index (κ2) is 5.78. The molecule has 0 aliphatic heterocycles. The van der Waals surface area contributed by atoms with E-state index in [4.69, 9.17) is 5.11 Å². The van der Waals surface area contributed by atoms with Crippen LogP contribution in [-0.4, -0.2) is 43.5 Å². The van der Waals surface area contributed by atoms with Gasteiger partial charge >= 0.3 is 5.97 Å². The van der Waals surface area contributed by atoms with E-state index in [0.29, 0.717) is 0 Å². The molecule has 0 aliphatic carbocycles. The molecule has 9 nitrogen and oxygen atoms in total. The first-order chi connectivity index (χ1) is 9.56. The average Bonchev–Trinajstić information content (AvgIpc) is 2.87. The van der Waals surface area contributed by atoms with Crippen molar-refractivity contribution in [3.05, 3.63) is 46.1 Å². The fourth-order valence-electron chi connectivity index (χ4n) is 1.47. The molecule has 0 fully saturated rings. The zero-order valence-corrected chi connectivity index (χ0v) is 10.2. The molecule has 0 unspecified atom stereocenters. The third-order valence-electron chi connectivity index (χ3n) is 2.40. The van der Waals surface area contributed by atoms with Crippen LogP contribution in [0.5, 0.6) is 0 Å². The number of hydrogen-bond donors (Lipinski definition) is 3. The summed E-state index contributed by atoms with van der Waals surface area (Å²) in [6, 6.07) is 4.26. The van der Waals surface area contributed by atoms with Crippen LogP contribution >= 0.6 is 0 Å². The van der Waals surface area contributed by atoms with E-state index in [9.17, 15) is 14.4 Å². The third kappa shape index (κ3) is 3.28. The molecule has 2 rings (SSSR count). The van der Waals surface area contributed by atoms with Gasteiger partial charge in [-0.05, 0) is 6.07 Å². The van der Waals surface area contributed by atoms with Crippen molar-refractivity contribution in [2.24, 2.45) is 0 Å². The molecule has 1 amide bonds. The zero-order chi connectivity index (χ0) is 14.5. The highest BCUT2D eigenvalue weighted by Gasteiger charge is 2.09. The predicted octanol–water partition coefficient (Wildman–Crippen LogP) is -0.905. The predicted molar refractivity (Wildman–Crippen MR) is 66.4 cm³/mol. The first-order valence-corrected chi connectivity index (χ1v) is 5.67. The van der Waals surface area contributed by atoms with Gasteiger partial charge in [0.15, 0.2) is 5.69 Å². The lowest BCUT2D eigenvalue weighted by molar-refractivity contribution is 0.0690. The maximum atomic E-state index is 11.7. The Morgan fingerprint density at radius 2 is 2.20 bits per heavy atom. The van der Waals surface area contributed by atoms with Crippen molar-refractivity contribution in [3.8, 4) is 0 Å². The van der Waals surface area contributed by atoms with E-state index in [-0.39, 0.29) is 30.0 Å². The summed E-state index contributed by atoms with van der Waals surface area (Å²) in [7, 11) is 0. The summed E-state index contributed by atoms with van der Waals surface area (Å²) >= 11 is 0.